The molecule has 0 amide bonds. The summed E-state index contributed by atoms with van der Waals surface area (Å²) < 4.78 is 35.5. The molecule has 6 fully saturated rings. The summed E-state index contributed by atoms with van der Waals surface area (Å²) in [6, 6.07) is 0. The molecule has 198 valence electrons. The van der Waals surface area contributed by atoms with Gasteiger partial charge in [-0.05, 0) is 23.7 Å². The third kappa shape index (κ3) is 1.86. The summed E-state index contributed by atoms with van der Waals surface area (Å²) in [5, 5.41) is 22.0. The summed E-state index contributed by atoms with van der Waals surface area (Å²) in [6.45, 7) is 2.32. The van der Waals surface area contributed by atoms with E-state index >= 15 is 0 Å². The Morgan fingerprint density at radius 1 is 0.639 bits per heavy atom. The number of esters is 2. The summed E-state index contributed by atoms with van der Waals surface area (Å²) in [5.74, 6) is -12.6. The van der Waals surface area contributed by atoms with Gasteiger partial charge >= 0.3 is 23.9 Å². The van der Waals surface area contributed by atoms with Crippen LogP contribution in [0.5, 0.6) is 0 Å². The Labute approximate surface area is 206 Å². The first kappa shape index (κ1) is 24.1. The van der Waals surface area contributed by atoms with E-state index in [0.717, 1.165) is 6.92 Å². The average Bonchev–Trinajstić information content (AvgIpc) is 3.32. The van der Waals surface area contributed by atoms with Crippen molar-refractivity contribution in [2.24, 2.45) is 58.2 Å². The first-order valence-corrected chi connectivity index (χ1v) is 12.0. The second kappa shape index (κ2) is 6.77. The summed E-state index contributed by atoms with van der Waals surface area (Å²) in [4.78, 5) is 51.9. The van der Waals surface area contributed by atoms with Gasteiger partial charge in [-0.1, -0.05) is 0 Å². The molecule has 6 aliphatic rings. The van der Waals surface area contributed by atoms with Gasteiger partial charge in [-0.15, -0.1) is 0 Å². The van der Waals surface area contributed by atoms with Gasteiger partial charge in [0, 0.05) is 60.0 Å². The molecule has 6 rings (SSSR count). The SMILES string of the molecule is COC1(OC)C2C3C4C5C6[C@@H](OC(C)=O)[C@](C(=O)O)(C2[C@@H](OC(C)=O)[C@@](C(=O)O)(C35)C6(OC)OC)C41. The fourth-order valence-corrected chi connectivity index (χ4v) is 11.0. The molecule has 0 heterocycles. The number of rotatable bonds is 8. The van der Waals surface area contributed by atoms with Crippen molar-refractivity contribution >= 4 is 23.9 Å². The average molecular weight is 510 g/mol. The predicted molar refractivity (Wildman–Crippen MR) is 113 cm³/mol. The Balaban J connectivity index is 1.77. The van der Waals surface area contributed by atoms with Crippen LogP contribution in [0.2, 0.25) is 0 Å². The number of hydrogen-bond acceptors (Lipinski definition) is 10. The van der Waals surface area contributed by atoms with Crippen LogP contribution in [0.4, 0.5) is 0 Å². The van der Waals surface area contributed by atoms with Gasteiger partial charge < -0.3 is 38.6 Å². The first-order chi connectivity index (χ1) is 17.0. The topological polar surface area (TPSA) is 164 Å². The predicted octanol–water partition coefficient (Wildman–Crippen LogP) is -0.0188. The van der Waals surface area contributed by atoms with E-state index in [0.29, 0.717) is 0 Å². The molecule has 6 aliphatic carbocycles. The number of fused-ring (bicyclic) bond motifs is 1. The van der Waals surface area contributed by atoms with Crippen LogP contribution in [0.15, 0.2) is 0 Å². The third-order valence-corrected chi connectivity index (χ3v) is 11.0. The lowest BCUT2D eigenvalue weighted by molar-refractivity contribution is -0.326. The molecular formula is C24H30O12. The van der Waals surface area contributed by atoms with Crippen molar-refractivity contribution in [2.45, 2.75) is 37.6 Å². The Hall–Kier alpha value is -2.28. The highest BCUT2D eigenvalue weighted by Gasteiger charge is 3.03. The van der Waals surface area contributed by atoms with E-state index < -0.39 is 94.0 Å². The fraction of sp³-hybridized carbons (Fsp3) is 0.833. The smallest absolute Gasteiger partial charge is 0.319 e. The van der Waals surface area contributed by atoms with Gasteiger partial charge in [0.2, 0.25) is 0 Å². The molecule has 0 spiro atoms. The van der Waals surface area contributed by atoms with Crippen LogP contribution in [-0.2, 0) is 47.6 Å². The third-order valence-electron chi connectivity index (χ3n) is 11.0. The van der Waals surface area contributed by atoms with Crippen LogP contribution < -0.4 is 0 Å². The molecule has 6 saturated carbocycles. The van der Waals surface area contributed by atoms with Crippen LogP contribution in [0.3, 0.4) is 0 Å². The van der Waals surface area contributed by atoms with Gasteiger partial charge in [-0.3, -0.25) is 19.2 Å². The fourth-order valence-electron chi connectivity index (χ4n) is 11.0. The molecule has 0 aromatic carbocycles. The molecule has 0 aromatic rings. The molecule has 2 bridgehead atoms. The van der Waals surface area contributed by atoms with Crippen molar-refractivity contribution in [2.75, 3.05) is 28.4 Å². The standard InChI is InChI=1S/C24H30O12/c1-7(25)35-17-14-11-9-10-12(11)22(20(29)30,24(14,33-5)34-6)18(36-8(2)26)15-13(10)23(31-3,32-4)16(9)21(15,17)19(27)28/h9-18H,1-6H3,(H,27,28)(H,29,30)/t9?,10?,11?,12?,13?,14?,15?,16?,17-,18-,21+,22-/m1/s1. The Morgan fingerprint density at radius 3 is 1.61 bits per heavy atom. The first-order valence-electron chi connectivity index (χ1n) is 12.0. The maximum absolute atomic E-state index is 13.5. The second-order valence-electron chi connectivity index (χ2n) is 11.0. The minimum absolute atomic E-state index is 0.298. The van der Waals surface area contributed by atoms with Crippen molar-refractivity contribution in [1.29, 1.82) is 0 Å². The maximum Gasteiger partial charge on any atom is 0.319 e. The molecule has 8 unspecified atom stereocenters. The molecule has 12 nitrogen and oxygen atoms in total. The molecule has 2 N–H and O–H groups in total. The van der Waals surface area contributed by atoms with E-state index in [2.05, 4.69) is 0 Å². The van der Waals surface area contributed by atoms with E-state index in [9.17, 15) is 29.4 Å². The maximum atomic E-state index is 13.5. The Kier molecular flexibility index (Phi) is 4.53. The lowest BCUT2D eigenvalue weighted by Gasteiger charge is -2.69. The molecule has 0 aliphatic heterocycles. The number of carbonyl (C=O) groups is 4. The number of hydrogen-bond donors (Lipinski definition) is 2. The van der Waals surface area contributed by atoms with Gasteiger partial charge in [0.15, 0.2) is 17.0 Å². The van der Waals surface area contributed by atoms with Crippen molar-refractivity contribution in [1.82, 2.24) is 0 Å². The molecule has 0 aromatic heterocycles. The van der Waals surface area contributed by atoms with Gasteiger partial charge in [0.05, 0.1) is 5.92 Å². The Bertz CT molecular complexity index is 1080. The lowest BCUT2D eigenvalue weighted by atomic mass is 9.33. The van der Waals surface area contributed by atoms with Crippen LogP contribution in [0.1, 0.15) is 13.8 Å². The summed E-state index contributed by atoms with van der Waals surface area (Å²) >= 11 is 0. The normalized spacial score (nSPS) is 50.6. The van der Waals surface area contributed by atoms with E-state index in [1.165, 1.54) is 35.4 Å². The lowest BCUT2D eigenvalue weighted by Crippen LogP contribution is -2.77. The van der Waals surface area contributed by atoms with Gasteiger partial charge in [-0.2, -0.15) is 0 Å². The van der Waals surface area contributed by atoms with Crippen LogP contribution in [0, 0.1) is 58.2 Å². The van der Waals surface area contributed by atoms with Gasteiger partial charge in [0.25, 0.3) is 0 Å². The summed E-state index contributed by atoms with van der Waals surface area (Å²) in [5.41, 5.74) is -3.83. The summed E-state index contributed by atoms with van der Waals surface area (Å²) in [6.07, 6.45) is -2.82. The Morgan fingerprint density at radius 2 is 1.17 bits per heavy atom. The highest BCUT2D eigenvalue weighted by Crippen LogP contribution is 2.93. The number of carboxylic acids is 2. The zero-order valence-electron chi connectivity index (χ0n) is 20.8. The molecule has 36 heavy (non-hydrogen) atoms. The van der Waals surface area contributed by atoms with Gasteiger partial charge in [-0.25, -0.2) is 0 Å². The molecular weight excluding hydrogens is 480 g/mol. The number of aliphatic carboxylic acids is 2. The second-order valence-corrected chi connectivity index (χ2v) is 11.0. The zero-order valence-corrected chi connectivity index (χ0v) is 20.8. The highest BCUT2D eigenvalue weighted by molar-refractivity contribution is 5.86. The van der Waals surface area contributed by atoms with Crippen molar-refractivity contribution in [3.8, 4) is 0 Å². The number of methoxy groups -OCH3 is 4. The van der Waals surface area contributed by atoms with Crippen LogP contribution >= 0.6 is 0 Å². The van der Waals surface area contributed by atoms with E-state index in [-0.39, 0.29) is 11.8 Å². The minimum Gasteiger partial charge on any atom is -0.481 e. The van der Waals surface area contributed by atoms with Crippen molar-refractivity contribution < 1.29 is 57.8 Å². The number of ether oxygens (including phenoxy) is 6. The highest BCUT2D eigenvalue weighted by atomic mass is 16.7. The van der Waals surface area contributed by atoms with E-state index in [1.807, 2.05) is 0 Å². The van der Waals surface area contributed by atoms with Gasteiger partial charge in [0.1, 0.15) is 17.6 Å². The van der Waals surface area contributed by atoms with E-state index in [4.69, 9.17) is 28.4 Å². The largest absolute Gasteiger partial charge is 0.481 e. The molecule has 12 heteroatoms. The molecule has 12 atom stereocenters. The summed E-state index contributed by atoms with van der Waals surface area (Å²) in [7, 11) is 5.45. The van der Waals surface area contributed by atoms with Crippen LogP contribution in [-0.4, -0.2) is 86.3 Å². The van der Waals surface area contributed by atoms with Crippen LogP contribution in [0.25, 0.3) is 0 Å². The monoisotopic (exact) mass is 510 g/mol. The van der Waals surface area contributed by atoms with Crippen molar-refractivity contribution in [3.63, 3.8) is 0 Å². The quantitative estimate of drug-likeness (QED) is 0.332. The van der Waals surface area contributed by atoms with Crippen molar-refractivity contribution in [3.05, 3.63) is 0 Å². The minimum atomic E-state index is -1.95. The van der Waals surface area contributed by atoms with E-state index in [1.54, 1.807) is 0 Å². The number of carboxylic acid groups (broad SMARTS) is 2. The number of carbonyl (C=O) groups excluding carboxylic acids is 2. The molecule has 0 radical (unpaired) electrons. The zero-order chi connectivity index (χ0) is 26.3. The molecule has 0 saturated heterocycles.